The van der Waals surface area contributed by atoms with E-state index < -0.39 is 15.6 Å². The zero-order valence-electron chi connectivity index (χ0n) is 23.1. The number of morpholine rings is 1. The quantitative estimate of drug-likeness (QED) is 0.419. The third-order valence-corrected chi connectivity index (χ3v) is 8.79. The van der Waals surface area contributed by atoms with Gasteiger partial charge in [0.05, 0.1) is 23.7 Å². The summed E-state index contributed by atoms with van der Waals surface area (Å²) in [5.41, 5.74) is 3.38. The number of ether oxygens (including phenoxy) is 2. The van der Waals surface area contributed by atoms with Crippen LogP contribution in [-0.4, -0.2) is 57.8 Å². The Morgan fingerprint density at radius 2 is 1.77 bits per heavy atom. The number of carbonyl (C=O) groups excluding carboxylic acids is 1. The van der Waals surface area contributed by atoms with Gasteiger partial charge in [-0.3, -0.25) is 4.79 Å². The van der Waals surface area contributed by atoms with E-state index in [1.165, 1.54) is 6.20 Å². The Balaban J connectivity index is 1.30. The van der Waals surface area contributed by atoms with Gasteiger partial charge < -0.3 is 19.7 Å². The van der Waals surface area contributed by atoms with Crippen LogP contribution in [0.2, 0.25) is 0 Å². The molecular formula is C30H36N4O5S. The first-order chi connectivity index (χ1) is 19.1. The first-order valence-electron chi connectivity index (χ1n) is 13.7. The lowest BCUT2D eigenvalue weighted by molar-refractivity contribution is 0.0663. The number of aryl methyl sites for hydroxylation is 1. The molecule has 1 atom stereocenters. The first-order valence-corrected chi connectivity index (χ1v) is 15.1. The molecule has 1 aromatic heterocycles. The van der Waals surface area contributed by atoms with Crippen molar-refractivity contribution in [1.29, 1.82) is 0 Å². The molecule has 2 N–H and O–H groups in total. The minimum atomic E-state index is -3.70. The summed E-state index contributed by atoms with van der Waals surface area (Å²) in [6.07, 6.45) is 2.89. The smallest absolute Gasteiger partial charge is 0.257 e. The lowest BCUT2D eigenvalue weighted by Crippen LogP contribution is -2.39. The topological polar surface area (TPSA) is 110 Å². The molecule has 0 radical (unpaired) electrons. The fourth-order valence-corrected chi connectivity index (χ4v) is 6.22. The van der Waals surface area contributed by atoms with Gasteiger partial charge in [0.25, 0.3) is 5.91 Å². The van der Waals surface area contributed by atoms with Crippen molar-refractivity contribution in [2.45, 2.75) is 50.0 Å². The lowest BCUT2D eigenvalue weighted by Gasteiger charge is -2.37. The van der Waals surface area contributed by atoms with E-state index in [9.17, 15) is 13.2 Å². The summed E-state index contributed by atoms with van der Waals surface area (Å²) in [6.45, 7) is 9.18. The van der Waals surface area contributed by atoms with Crippen molar-refractivity contribution in [3.63, 3.8) is 0 Å². The molecule has 1 unspecified atom stereocenters. The van der Waals surface area contributed by atoms with Crippen molar-refractivity contribution in [3.8, 4) is 5.88 Å². The number of hydrogen-bond acceptors (Lipinski definition) is 7. The Kier molecular flexibility index (Phi) is 8.11. The van der Waals surface area contributed by atoms with Gasteiger partial charge in [0.1, 0.15) is 5.60 Å². The number of hydrogen-bond donors (Lipinski definition) is 2. The van der Waals surface area contributed by atoms with Crippen LogP contribution >= 0.6 is 0 Å². The maximum absolute atomic E-state index is 13.1. The minimum absolute atomic E-state index is 0.160. The second-order valence-corrected chi connectivity index (χ2v) is 12.6. The van der Waals surface area contributed by atoms with Crippen molar-refractivity contribution in [2.24, 2.45) is 0 Å². The summed E-state index contributed by atoms with van der Waals surface area (Å²) in [7, 11) is -3.70. The SMILES string of the molecule is CCc1ccc(S(=O)(=O)NCC2CC(C)(C)Oc3ncc(C(=O)Nc4ccc(N5CCOCC5)cc4)cc32)cc1. The summed E-state index contributed by atoms with van der Waals surface area (Å²) >= 11 is 0. The molecule has 3 aromatic rings. The number of pyridine rings is 1. The molecule has 40 heavy (non-hydrogen) atoms. The fraction of sp³-hybridized carbons (Fsp3) is 0.400. The number of sulfonamides is 1. The van der Waals surface area contributed by atoms with E-state index in [-0.39, 0.29) is 23.3 Å². The standard InChI is InChI=1S/C30H36N4O5S/c1-4-21-5-11-26(12-6-21)40(36,37)32-20-23-18-30(2,3)39-29-27(23)17-22(19-31-29)28(35)33-24-7-9-25(10-8-24)34-13-15-38-16-14-34/h5-12,17,19,23,32H,4,13-16,18,20H2,1-3H3,(H,33,35). The highest BCUT2D eigenvalue weighted by molar-refractivity contribution is 7.89. The molecular weight excluding hydrogens is 528 g/mol. The maximum atomic E-state index is 13.1. The number of benzene rings is 2. The molecule has 5 rings (SSSR count). The second kappa shape index (κ2) is 11.6. The third-order valence-electron chi connectivity index (χ3n) is 7.35. The Bertz CT molecular complexity index is 1450. The molecule has 0 bridgehead atoms. The van der Waals surface area contributed by atoms with Gasteiger partial charge in [-0.25, -0.2) is 18.1 Å². The zero-order valence-corrected chi connectivity index (χ0v) is 24.0. The molecule has 3 heterocycles. The molecule has 1 amide bonds. The molecule has 2 aliphatic heterocycles. The molecule has 0 aliphatic carbocycles. The van der Waals surface area contributed by atoms with Crippen LogP contribution in [0.3, 0.4) is 0 Å². The Morgan fingerprint density at radius 1 is 1.07 bits per heavy atom. The van der Waals surface area contributed by atoms with Crippen LogP contribution in [-0.2, 0) is 21.2 Å². The van der Waals surface area contributed by atoms with Gasteiger partial charge in [-0.1, -0.05) is 19.1 Å². The monoisotopic (exact) mass is 564 g/mol. The van der Waals surface area contributed by atoms with Crippen LogP contribution in [0.5, 0.6) is 5.88 Å². The summed E-state index contributed by atoms with van der Waals surface area (Å²) in [5, 5.41) is 2.94. The largest absolute Gasteiger partial charge is 0.471 e. The van der Waals surface area contributed by atoms with Crippen molar-refractivity contribution in [1.82, 2.24) is 9.71 Å². The van der Waals surface area contributed by atoms with E-state index in [2.05, 4.69) is 19.9 Å². The van der Waals surface area contributed by atoms with E-state index in [0.717, 1.165) is 30.8 Å². The summed E-state index contributed by atoms with van der Waals surface area (Å²) in [6, 6.07) is 16.4. The number of fused-ring (bicyclic) bond motifs is 1. The Morgan fingerprint density at radius 3 is 2.45 bits per heavy atom. The van der Waals surface area contributed by atoms with Crippen molar-refractivity contribution in [2.75, 3.05) is 43.1 Å². The van der Waals surface area contributed by atoms with Crippen LogP contribution in [0.25, 0.3) is 0 Å². The summed E-state index contributed by atoms with van der Waals surface area (Å²) in [4.78, 5) is 20.1. The Labute approximate surface area is 236 Å². The van der Waals surface area contributed by atoms with Gasteiger partial charge >= 0.3 is 0 Å². The first kappa shape index (κ1) is 28.1. The molecule has 0 saturated carbocycles. The van der Waals surface area contributed by atoms with Crippen LogP contribution < -0.4 is 19.7 Å². The number of anilines is 2. The number of amides is 1. The molecule has 1 saturated heterocycles. The molecule has 9 nitrogen and oxygen atoms in total. The van der Waals surface area contributed by atoms with Gasteiger partial charge in [-0.05, 0) is 74.7 Å². The van der Waals surface area contributed by atoms with Gasteiger partial charge in [0.15, 0.2) is 0 Å². The maximum Gasteiger partial charge on any atom is 0.257 e. The number of aromatic nitrogens is 1. The average molecular weight is 565 g/mol. The number of rotatable bonds is 8. The van der Waals surface area contributed by atoms with E-state index in [0.29, 0.717) is 42.3 Å². The number of nitrogens with zero attached hydrogens (tertiary/aromatic N) is 2. The van der Waals surface area contributed by atoms with Crippen molar-refractivity contribution in [3.05, 3.63) is 77.5 Å². The lowest BCUT2D eigenvalue weighted by atomic mass is 9.85. The third kappa shape index (κ3) is 6.46. The van der Waals surface area contributed by atoms with Crippen LogP contribution in [0.1, 0.15) is 54.6 Å². The highest BCUT2D eigenvalue weighted by Gasteiger charge is 2.36. The highest BCUT2D eigenvalue weighted by atomic mass is 32.2. The van der Waals surface area contributed by atoms with E-state index in [1.807, 2.05) is 57.2 Å². The molecule has 10 heteroatoms. The molecule has 2 aromatic carbocycles. The second-order valence-electron chi connectivity index (χ2n) is 10.8. The van der Waals surface area contributed by atoms with Gasteiger partial charge in [-0.2, -0.15) is 0 Å². The molecule has 212 valence electrons. The van der Waals surface area contributed by atoms with E-state index in [4.69, 9.17) is 9.47 Å². The normalized spacial score (nSPS) is 18.5. The Hall–Kier alpha value is -3.47. The number of carbonyl (C=O) groups is 1. The predicted molar refractivity (Wildman–Crippen MR) is 155 cm³/mol. The average Bonchev–Trinajstić information content (AvgIpc) is 2.96. The van der Waals surface area contributed by atoms with E-state index in [1.54, 1.807) is 18.2 Å². The van der Waals surface area contributed by atoms with Crippen LogP contribution in [0.4, 0.5) is 11.4 Å². The van der Waals surface area contributed by atoms with Gasteiger partial charge in [0, 0.05) is 48.7 Å². The zero-order chi connectivity index (χ0) is 28.3. The summed E-state index contributed by atoms with van der Waals surface area (Å²) < 4.78 is 40.3. The fourth-order valence-electron chi connectivity index (χ4n) is 5.14. The summed E-state index contributed by atoms with van der Waals surface area (Å²) in [5.74, 6) is -0.106. The molecule has 0 spiro atoms. The molecule has 2 aliphatic rings. The van der Waals surface area contributed by atoms with Crippen molar-refractivity contribution < 1.29 is 22.7 Å². The predicted octanol–water partition coefficient (Wildman–Crippen LogP) is 4.36. The number of nitrogens with one attached hydrogen (secondary N) is 2. The van der Waals surface area contributed by atoms with Gasteiger partial charge in [-0.15, -0.1) is 0 Å². The highest BCUT2D eigenvalue weighted by Crippen LogP contribution is 2.40. The van der Waals surface area contributed by atoms with Crippen LogP contribution in [0, 0.1) is 0 Å². The minimum Gasteiger partial charge on any atom is -0.471 e. The van der Waals surface area contributed by atoms with Gasteiger partial charge in [0.2, 0.25) is 15.9 Å². The molecule has 1 fully saturated rings. The van der Waals surface area contributed by atoms with Crippen LogP contribution in [0.15, 0.2) is 65.7 Å². The van der Waals surface area contributed by atoms with E-state index >= 15 is 0 Å². The van der Waals surface area contributed by atoms with Crippen molar-refractivity contribution >= 4 is 27.3 Å².